The third kappa shape index (κ3) is 5.82. The monoisotopic (exact) mass is 482 g/mol. The van der Waals surface area contributed by atoms with Gasteiger partial charge in [-0.1, -0.05) is 69.3 Å². The average Bonchev–Trinajstić information content (AvgIpc) is 3.15. The topological polar surface area (TPSA) is 114 Å². The molecular weight excluding hydrogens is 448 g/mol. The zero-order chi connectivity index (χ0) is 25.6. The van der Waals surface area contributed by atoms with Crippen LogP contribution in [0.4, 0.5) is 4.79 Å². The second-order valence-electron chi connectivity index (χ2n) is 9.25. The van der Waals surface area contributed by atoms with Crippen molar-refractivity contribution >= 4 is 18.0 Å². The van der Waals surface area contributed by atoms with Gasteiger partial charge in [0.1, 0.15) is 6.61 Å². The number of carboxylic acid groups (broad SMARTS) is 1. The van der Waals surface area contributed by atoms with Crippen molar-refractivity contribution < 1.29 is 29.0 Å². The molecule has 188 valence electrons. The lowest BCUT2D eigenvalue weighted by atomic mass is 9.95. The highest BCUT2D eigenvalue weighted by Crippen LogP contribution is 2.44. The number of ether oxygens (including phenoxy) is 2. The van der Waals surface area contributed by atoms with E-state index in [4.69, 9.17) is 9.47 Å². The first-order valence-corrected chi connectivity index (χ1v) is 11.9. The molecular formula is C27H34N2O6. The molecule has 0 radical (unpaired) electrons. The quantitative estimate of drug-likeness (QED) is 0.447. The summed E-state index contributed by atoms with van der Waals surface area (Å²) in [5.41, 5.74) is 3.00. The number of hydrogen-bond donors (Lipinski definition) is 3. The zero-order valence-electron chi connectivity index (χ0n) is 20.7. The van der Waals surface area contributed by atoms with Gasteiger partial charge in [-0.25, -0.2) is 9.59 Å². The summed E-state index contributed by atoms with van der Waals surface area (Å²) in [5.74, 6) is -1.79. The molecule has 0 bridgehead atoms. The van der Waals surface area contributed by atoms with Crippen LogP contribution in [0, 0.1) is 5.92 Å². The fourth-order valence-electron chi connectivity index (χ4n) is 4.50. The smallest absolute Gasteiger partial charge is 0.407 e. The first-order chi connectivity index (χ1) is 16.7. The maximum atomic E-state index is 12.7. The number of nitrogens with one attached hydrogen (secondary N) is 2. The Labute approximate surface area is 206 Å². The number of carboxylic acids is 1. The van der Waals surface area contributed by atoms with E-state index in [1.807, 2.05) is 50.2 Å². The Morgan fingerprint density at radius 2 is 1.60 bits per heavy atom. The summed E-state index contributed by atoms with van der Waals surface area (Å²) in [7, 11) is 1.38. The van der Waals surface area contributed by atoms with Crippen LogP contribution in [0.25, 0.3) is 11.1 Å². The van der Waals surface area contributed by atoms with Gasteiger partial charge in [0.25, 0.3) is 0 Å². The molecule has 0 aliphatic heterocycles. The van der Waals surface area contributed by atoms with Gasteiger partial charge in [0, 0.05) is 25.5 Å². The van der Waals surface area contributed by atoms with Crippen molar-refractivity contribution in [1.29, 1.82) is 0 Å². The second kappa shape index (κ2) is 11.4. The van der Waals surface area contributed by atoms with E-state index in [1.165, 1.54) is 7.11 Å². The van der Waals surface area contributed by atoms with Crippen molar-refractivity contribution in [2.24, 2.45) is 5.92 Å². The highest BCUT2D eigenvalue weighted by atomic mass is 16.5. The largest absolute Gasteiger partial charge is 0.479 e. The maximum absolute atomic E-state index is 12.7. The number of hydrogen-bond acceptors (Lipinski definition) is 5. The van der Waals surface area contributed by atoms with Crippen LogP contribution >= 0.6 is 0 Å². The summed E-state index contributed by atoms with van der Waals surface area (Å²) in [4.78, 5) is 37.2. The molecule has 1 aliphatic rings. The number of benzene rings is 2. The number of aliphatic carboxylic acids is 1. The normalized spacial score (nSPS) is 15.0. The SMILES string of the molecule is CCC(COC)(NC(=O)C[C@H](NC(=O)OCC1c2ccccc2-c2ccccc21)C(C)C)C(=O)O. The van der Waals surface area contributed by atoms with Gasteiger partial charge < -0.3 is 25.2 Å². The van der Waals surface area contributed by atoms with Crippen molar-refractivity contribution in [2.75, 3.05) is 20.3 Å². The summed E-state index contributed by atoms with van der Waals surface area (Å²) in [6.45, 7) is 5.43. The molecule has 0 aromatic heterocycles. The summed E-state index contributed by atoms with van der Waals surface area (Å²) in [6.07, 6.45) is -0.537. The van der Waals surface area contributed by atoms with Gasteiger partial charge >= 0.3 is 12.1 Å². The maximum Gasteiger partial charge on any atom is 0.407 e. The minimum absolute atomic E-state index is 0.0660. The van der Waals surface area contributed by atoms with Gasteiger partial charge in [0.05, 0.1) is 6.61 Å². The lowest BCUT2D eigenvalue weighted by Crippen LogP contribution is -2.58. The van der Waals surface area contributed by atoms with Crippen LogP contribution in [-0.4, -0.2) is 55.0 Å². The van der Waals surface area contributed by atoms with E-state index >= 15 is 0 Å². The molecule has 0 saturated heterocycles. The predicted molar refractivity (Wildman–Crippen MR) is 132 cm³/mol. The third-order valence-electron chi connectivity index (χ3n) is 6.64. The molecule has 3 N–H and O–H groups in total. The Balaban J connectivity index is 1.63. The number of amides is 2. The number of fused-ring (bicyclic) bond motifs is 3. The number of rotatable bonds is 11. The van der Waals surface area contributed by atoms with Crippen molar-refractivity contribution in [1.82, 2.24) is 10.6 Å². The van der Waals surface area contributed by atoms with E-state index in [1.54, 1.807) is 6.92 Å². The molecule has 2 aromatic rings. The van der Waals surface area contributed by atoms with Crippen LogP contribution < -0.4 is 10.6 Å². The fourth-order valence-corrected chi connectivity index (χ4v) is 4.50. The number of methoxy groups -OCH3 is 1. The van der Waals surface area contributed by atoms with Crippen molar-refractivity contribution in [2.45, 2.75) is 51.1 Å². The molecule has 0 spiro atoms. The minimum atomic E-state index is -1.52. The Bertz CT molecular complexity index is 1020. The van der Waals surface area contributed by atoms with Crippen LogP contribution in [-0.2, 0) is 19.1 Å². The summed E-state index contributed by atoms with van der Waals surface area (Å²) in [5, 5.41) is 15.0. The first kappa shape index (κ1) is 26.2. The second-order valence-corrected chi connectivity index (χ2v) is 9.25. The van der Waals surface area contributed by atoms with Gasteiger partial charge in [0.2, 0.25) is 5.91 Å². The van der Waals surface area contributed by atoms with Gasteiger partial charge in [-0.3, -0.25) is 4.79 Å². The fraction of sp³-hybridized carbons (Fsp3) is 0.444. The predicted octanol–water partition coefficient (Wildman–Crippen LogP) is 3.94. The molecule has 8 heteroatoms. The molecule has 2 aromatic carbocycles. The van der Waals surface area contributed by atoms with Gasteiger partial charge in [-0.05, 0) is 34.6 Å². The molecule has 0 saturated carbocycles. The Morgan fingerprint density at radius 3 is 2.09 bits per heavy atom. The third-order valence-corrected chi connectivity index (χ3v) is 6.64. The van der Waals surface area contributed by atoms with Gasteiger partial charge in [-0.2, -0.15) is 0 Å². The first-order valence-electron chi connectivity index (χ1n) is 11.9. The Hall–Kier alpha value is -3.39. The van der Waals surface area contributed by atoms with E-state index in [9.17, 15) is 19.5 Å². The average molecular weight is 483 g/mol. The van der Waals surface area contributed by atoms with Crippen LogP contribution in [0.2, 0.25) is 0 Å². The van der Waals surface area contributed by atoms with Crippen molar-refractivity contribution in [3.8, 4) is 11.1 Å². The van der Waals surface area contributed by atoms with E-state index in [0.717, 1.165) is 22.3 Å². The molecule has 8 nitrogen and oxygen atoms in total. The number of carbonyl (C=O) groups excluding carboxylic acids is 2. The van der Waals surface area contributed by atoms with Gasteiger partial charge in [0.15, 0.2) is 5.54 Å². The van der Waals surface area contributed by atoms with Crippen LogP contribution in [0.3, 0.4) is 0 Å². The molecule has 2 amide bonds. The Kier molecular flexibility index (Phi) is 8.51. The van der Waals surface area contributed by atoms with E-state index < -0.39 is 29.6 Å². The summed E-state index contributed by atoms with van der Waals surface area (Å²) in [6, 6.07) is 15.6. The molecule has 3 rings (SSSR count). The van der Waals surface area contributed by atoms with E-state index in [2.05, 4.69) is 22.8 Å². The molecule has 0 fully saturated rings. The molecule has 1 unspecified atom stereocenters. The van der Waals surface area contributed by atoms with Crippen molar-refractivity contribution in [3.05, 3.63) is 59.7 Å². The molecule has 0 heterocycles. The number of carbonyl (C=O) groups is 3. The van der Waals surface area contributed by atoms with Crippen LogP contribution in [0.1, 0.15) is 50.7 Å². The summed E-state index contributed by atoms with van der Waals surface area (Å²) >= 11 is 0. The van der Waals surface area contributed by atoms with Crippen molar-refractivity contribution in [3.63, 3.8) is 0 Å². The standard InChI is InChI=1S/C27H34N2O6/c1-5-27(16-34-4,25(31)32)29-24(30)14-23(17(2)3)28-26(33)35-15-22-20-12-8-6-10-18(20)19-11-7-9-13-21(19)22/h6-13,17,22-23H,5,14-16H2,1-4H3,(H,28,33)(H,29,30)(H,31,32)/t23-,27?/m0/s1. The highest BCUT2D eigenvalue weighted by Gasteiger charge is 2.39. The minimum Gasteiger partial charge on any atom is -0.479 e. The summed E-state index contributed by atoms with van der Waals surface area (Å²) < 4.78 is 10.6. The Morgan fingerprint density at radius 1 is 1.03 bits per heavy atom. The highest BCUT2D eigenvalue weighted by molar-refractivity contribution is 5.87. The lowest BCUT2D eigenvalue weighted by Gasteiger charge is -2.30. The molecule has 2 atom stereocenters. The molecule has 35 heavy (non-hydrogen) atoms. The van der Waals surface area contributed by atoms with E-state index in [0.29, 0.717) is 0 Å². The number of alkyl carbamates (subject to hydrolysis) is 1. The van der Waals surface area contributed by atoms with Gasteiger partial charge in [-0.15, -0.1) is 0 Å². The zero-order valence-corrected chi connectivity index (χ0v) is 20.7. The van der Waals surface area contributed by atoms with E-state index in [-0.39, 0.29) is 37.9 Å². The lowest BCUT2D eigenvalue weighted by molar-refractivity contribution is -0.150. The van der Waals surface area contributed by atoms with Crippen LogP contribution in [0.5, 0.6) is 0 Å². The molecule has 1 aliphatic carbocycles. The van der Waals surface area contributed by atoms with Crippen LogP contribution in [0.15, 0.2) is 48.5 Å².